The van der Waals surface area contributed by atoms with Crippen LogP contribution < -0.4 is 15.4 Å². The van der Waals surface area contributed by atoms with Gasteiger partial charge in [0, 0.05) is 18.3 Å². The predicted molar refractivity (Wildman–Crippen MR) is 102 cm³/mol. The van der Waals surface area contributed by atoms with E-state index in [4.69, 9.17) is 10.5 Å². The number of carbonyl (C=O) groups is 2. The first-order chi connectivity index (χ1) is 12.5. The van der Waals surface area contributed by atoms with Crippen LogP contribution in [0.25, 0.3) is 6.08 Å². The largest absolute Gasteiger partial charge is 0.484 e. The van der Waals surface area contributed by atoms with Gasteiger partial charge in [-0.1, -0.05) is 29.8 Å². The summed E-state index contributed by atoms with van der Waals surface area (Å²) in [5.74, 6) is 0.0213. The van der Waals surface area contributed by atoms with Gasteiger partial charge in [0.05, 0.1) is 0 Å². The number of carbonyl (C=O) groups excluding carboxylic acids is 2. The lowest BCUT2D eigenvalue weighted by Gasteiger charge is -2.29. The highest BCUT2D eigenvalue weighted by molar-refractivity contribution is 6.04. The molecule has 0 aliphatic carbocycles. The van der Waals surface area contributed by atoms with Gasteiger partial charge >= 0.3 is 0 Å². The molecule has 0 bridgehead atoms. The molecule has 134 valence electrons. The summed E-state index contributed by atoms with van der Waals surface area (Å²) in [6.07, 6.45) is 5.36. The lowest BCUT2D eigenvalue weighted by Crippen LogP contribution is -2.34. The van der Waals surface area contributed by atoms with Crippen LogP contribution in [-0.4, -0.2) is 25.0 Å². The Balaban J connectivity index is 1.68. The van der Waals surface area contributed by atoms with E-state index < -0.39 is 5.91 Å². The van der Waals surface area contributed by atoms with Crippen molar-refractivity contribution in [2.75, 3.05) is 18.1 Å². The van der Waals surface area contributed by atoms with E-state index in [0.29, 0.717) is 5.75 Å². The van der Waals surface area contributed by atoms with E-state index in [1.807, 2.05) is 29.2 Å². The van der Waals surface area contributed by atoms with Crippen LogP contribution >= 0.6 is 0 Å². The Morgan fingerprint density at radius 3 is 2.69 bits per heavy atom. The van der Waals surface area contributed by atoms with E-state index in [0.717, 1.165) is 30.6 Å². The third kappa shape index (κ3) is 4.30. The maximum absolute atomic E-state index is 12.6. The predicted octanol–water partition coefficient (Wildman–Crippen LogP) is 2.85. The van der Waals surface area contributed by atoms with Gasteiger partial charge in [0.15, 0.2) is 6.61 Å². The zero-order chi connectivity index (χ0) is 18.5. The Hall–Kier alpha value is -3.08. The molecular formula is C21H22N2O3. The van der Waals surface area contributed by atoms with Crippen molar-refractivity contribution in [3.8, 4) is 5.75 Å². The van der Waals surface area contributed by atoms with Crippen LogP contribution in [-0.2, 0) is 16.0 Å². The summed E-state index contributed by atoms with van der Waals surface area (Å²) in [7, 11) is 0. The highest BCUT2D eigenvalue weighted by Crippen LogP contribution is 2.28. The van der Waals surface area contributed by atoms with Gasteiger partial charge in [-0.05, 0) is 55.2 Å². The molecule has 2 N–H and O–H groups in total. The number of hydrogen-bond acceptors (Lipinski definition) is 3. The quantitative estimate of drug-likeness (QED) is 0.843. The standard InChI is InChI=1S/C21H22N2O3/c1-15-4-10-19-17(13-15)3-2-12-23(19)21(25)11-7-16-5-8-18(9-6-16)26-14-20(22)24/h4-11,13H,2-3,12,14H2,1H3,(H2,22,24). The molecule has 0 aromatic heterocycles. The molecule has 26 heavy (non-hydrogen) atoms. The van der Waals surface area contributed by atoms with E-state index in [1.54, 1.807) is 24.3 Å². The van der Waals surface area contributed by atoms with Crippen molar-refractivity contribution < 1.29 is 14.3 Å². The highest BCUT2D eigenvalue weighted by Gasteiger charge is 2.20. The molecule has 0 saturated carbocycles. The number of hydrogen-bond donors (Lipinski definition) is 1. The number of nitrogens with two attached hydrogens (primary N) is 1. The van der Waals surface area contributed by atoms with Crippen LogP contribution in [0.1, 0.15) is 23.1 Å². The van der Waals surface area contributed by atoms with E-state index in [1.165, 1.54) is 11.1 Å². The molecule has 2 aromatic carbocycles. The summed E-state index contributed by atoms with van der Waals surface area (Å²) >= 11 is 0. The molecule has 0 radical (unpaired) electrons. The number of primary amides is 1. The number of anilines is 1. The van der Waals surface area contributed by atoms with Crippen LogP contribution in [0, 0.1) is 6.92 Å². The molecule has 2 aromatic rings. The molecule has 0 spiro atoms. The number of amides is 2. The van der Waals surface area contributed by atoms with Gasteiger partial charge in [0.25, 0.3) is 11.8 Å². The van der Waals surface area contributed by atoms with Crippen LogP contribution in [0.3, 0.4) is 0 Å². The second-order valence-corrected chi connectivity index (χ2v) is 6.38. The average molecular weight is 350 g/mol. The summed E-state index contributed by atoms with van der Waals surface area (Å²) in [5, 5.41) is 0. The second kappa shape index (κ2) is 7.87. The molecule has 0 fully saturated rings. The monoisotopic (exact) mass is 350 g/mol. The zero-order valence-electron chi connectivity index (χ0n) is 14.8. The van der Waals surface area contributed by atoms with Gasteiger partial charge in [-0.15, -0.1) is 0 Å². The Morgan fingerprint density at radius 2 is 1.96 bits per heavy atom. The summed E-state index contributed by atoms with van der Waals surface area (Å²) < 4.78 is 5.22. The molecule has 1 aliphatic rings. The number of nitrogens with zero attached hydrogens (tertiary/aromatic N) is 1. The van der Waals surface area contributed by atoms with Gasteiger partial charge in [-0.25, -0.2) is 0 Å². The Morgan fingerprint density at radius 1 is 1.19 bits per heavy atom. The Bertz CT molecular complexity index is 841. The van der Waals surface area contributed by atoms with Crippen molar-refractivity contribution in [1.82, 2.24) is 0 Å². The first kappa shape index (κ1) is 17.7. The van der Waals surface area contributed by atoms with E-state index in [-0.39, 0.29) is 12.5 Å². The topological polar surface area (TPSA) is 72.6 Å². The third-order valence-electron chi connectivity index (χ3n) is 4.30. The first-order valence-corrected chi connectivity index (χ1v) is 8.63. The highest BCUT2D eigenvalue weighted by atomic mass is 16.5. The third-order valence-corrected chi connectivity index (χ3v) is 4.30. The minimum Gasteiger partial charge on any atom is -0.484 e. The van der Waals surface area contributed by atoms with E-state index >= 15 is 0 Å². The van der Waals surface area contributed by atoms with E-state index in [9.17, 15) is 9.59 Å². The van der Waals surface area contributed by atoms with Crippen molar-refractivity contribution in [3.05, 3.63) is 65.2 Å². The molecule has 5 nitrogen and oxygen atoms in total. The lowest BCUT2D eigenvalue weighted by atomic mass is 9.99. The minimum atomic E-state index is -0.517. The maximum atomic E-state index is 12.6. The SMILES string of the molecule is Cc1ccc2c(c1)CCCN2C(=O)C=Cc1ccc(OCC(N)=O)cc1. The van der Waals surface area contributed by atoms with Crippen LogP contribution in [0.4, 0.5) is 5.69 Å². The fourth-order valence-corrected chi connectivity index (χ4v) is 3.04. The summed E-state index contributed by atoms with van der Waals surface area (Å²) in [5.41, 5.74) is 9.38. The van der Waals surface area contributed by atoms with Crippen LogP contribution in [0.5, 0.6) is 5.75 Å². The molecule has 3 rings (SSSR count). The number of benzene rings is 2. The van der Waals surface area contributed by atoms with Gasteiger partial charge in [0.1, 0.15) is 5.75 Å². The average Bonchev–Trinajstić information content (AvgIpc) is 2.64. The van der Waals surface area contributed by atoms with Gasteiger partial charge in [-0.2, -0.15) is 0 Å². The fourth-order valence-electron chi connectivity index (χ4n) is 3.04. The van der Waals surface area contributed by atoms with Crippen molar-refractivity contribution >= 4 is 23.6 Å². The second-order valence-electron chi connectivity index (χ2n) is 6.38. The number of fused-ring (bicyclic) bond motifs is 1. The van der Waals surface area contributed by atoms with Crippen molar-refractivity contribution in [1.29, 1.82) is 0 Å². The zero-order valence-corrected chi connectivity index (χ0v) is 14.8. The van der Waals surface area contributed by atoms with Crippen molar-refractivity contribution in [2.24, 2.45) is 5.73 Å². The molecule has 5 heteroatoms. The number of aryl methyl sites for hydroxylation is 2. The Kier molecular flexibility index (Phi) is 5.37. The normalized spacial score (nSPS) is 13.5. The van der Waals surface area contributed by atoms with Gasteiger partial charge < -0.3 is 15.4 Å². The summed E-state index contributed by atoms with van der Waals surface area (Å²) in [6.45, 7) is 2.65. The molecule has 2 amide bonds. The van der Waals surface area contributed by atoms with Gasteiger partial charge in [0.2, 0.25) is 0 Å². The maximum Gasteiger partial charge on any atom is 0.255 e. The molecule has 0 unspecified atom stereocenters. The summed E-state index contributed by atoms with van der Waals surface area (Å²) in [4.78, 5) is 25.2. The fraction of sp³-hybridized carbons (Fsp3) is 0.238. The summed E-state index contributed by atoms with van der Waals surface area (Å²) in [6, 6.07) is 13.4. The van der Waals surface area contributed by atoms with Gasteiger partial charge in [-0.3, -0.25) is 9.59 Å². The smallest absolute Gasteiger partial charge is 0.255 e. The molecule has 0 saturated heterocycles. The molecular weight excluding hydrogens is 328 g/mol. The van der Waals surface area contributed by atoms with E-state index in [2.05, 4.69) is 13.0 Å². The Labute approximate surface area is 153 Å². The molecule has 0 atom stereocenters. The lowest BCUT2D eigenvalue weighted by molar-refractivity contribution is -0.120. The van der Waals surface area contributed by atoms with Crippen molar-refractivity contribution in [3.63, 3.8) is 0 Å². The minimum absolute atomic E-state index is 0.0242. The number of rotatable bonds is 5. The molecule has 1 aliphatic heterocycles. The van der Waals surface area contributed by atoms with Crippen molar-refractivity contribution in [2.45, 2.75) is 19.8 Å². The first-order valence-electron chi connectivity index (χ1n) is 8.63. The molecule has 1 heterocycles. The number of ether oxygens (including phenoxy) is 1. The van der Waals surface area contributed by atoms with Crippen LogP contribution in [0.2, 0.25) is 0 Å². The van der Waals surface area contributed by atoms with Crippen LogP contribution in [0.15, 0.2) is 48.5 Å².